The molecule has 1 aromatic heterocycles. The molecule has 0 spiro atoms. The minimum atomic E-state index is -1.13. The molecule has 1 rings (SSSR count). The molecule has 2 N–H and O–H groups in total. The Balaban J connectivity index is 2.63. The molecule has 0 saturated carbocycles. The number of nitrogens with zero attached hydrogens (tertiary/aromatic N) is 3. The molecule has 0 fully saturated rings. The second-order valence-corrected chi connectivity index (χ2v) is 4.28. The molecule has 9 nitrogen and oxygen atoms in total. The van der Waals surface area contributed by atoms with Crippen molar-refractivity contribution in [2.75, 3.05) is 0 Å². The summed E-state index contributed by atoms with van der Waals surface area (Å²) in [5.41, 5.74) is -0.230. The van der Waals surface area contributed by atoms with Gasteiger partial charge in [0.1, 0.15) is 25.0 Å². The van der Waals surface area contributed by atoms with E-state index in [1.165, 1.54) is 0 Å². The van der Waals surface area contributed by atoms with Gasteiger partial charge in [0.15, 0.2) is 0 Å². The van der Waals surface area contributed by atoms with E-state index in [1.54, 1.807) is 13.8 Å². The summed E-state index contributed by atoms with van der Waals surface area (Å²) in [6, 6.07) is -1.00. The number of carbonyl (C=O) groups is 2. The molecule has 1 aromatic rings. The lowest BCUT2D eigenvalue weighted by atomic mass is 10.1. The first-order chi connectivity index (χ1) is 8.81. The maximum absolute atomic E-state index is 11.6. The zero-order valence-corrected chi connectivity index (χ0v) is 10.4. The number of carboxylic acid groups (broad SMARTS) is 1. The van der Waals surface area contributed by atoms with Crippen LogP contribution in [0.3, 0.4) is 0 Å². The third kappa shape index (κ3) is 4.05. The van der Waals surface area contributed by atoms with E-state index in [-0.39, 0.29) is 18.2 Å². The average molecular weight is 270 g/mol. The van der Waals surface area contributed by atoms with Crippen LogP contribution in [0, 0.1) is 16.0 Å². The minimum absolute atomic E-state index is 0.230. The molecule has 1 atom stereocenters. The fourth-order valence-corrected chi connectivity index (χ4v) is 1.41. The minimum Gasteiger partial charge on any atom is -0.480 e. The van der Waals surface area contributed by atoms with Gasteiger partial charge in [0.2, 0.25) is 5.91 Å². The number of aromatic nitrogens is 2. The first-order valence-electron chi connectivity index (χ1n) is 5.50. The normalized spacial score (nSPS) is 12.2. The third-order valence-electron chi connectivity index (χ3n) is 2.39. The van der Waals surface area contributed by atoms with Crippen LogP contribution >= 0.6 is 0 Å². The molecule has 0 unspecified atom stereocenters. The molecule has 0 saturated heterocycles. The number of amides is 1. The van der Waals surface area contributed by atoms with Crippen molar-refractivity contribution in [3.8, 4) is 0 Å². The molecular weight excluding hydrogens is 256 g/mol. The summed E-state index contributed by atoms with van der Waals surface area (Å²) in [4.78, 5) is 32.3. The van der Waals surface area contributed by atoms with Crippen LogP contribution in [0.2, 0.25) is 0 Å². The third-order valence-corrected chi connectivity index (χ3v) is 2.39. The largest absolute Gasteiger partial charge is 0.480 e. The summed E-state index contributed by atoms with van der Waals surface area (Å²) < 4.78 is 1.08. The van der Waals surface area contributed by atoms with E-state index in [0.717, 1.165) is 17.1 Å². The number of nitro groups is 1. The van der Waals surface area contributed by atoms with Gasteiger partial charge in [0.25, 0.3) is 0 Å². The summed E-state index contributed by atoms with van der Waals surface area (Å²) in [7, 11) is 0. The highest BCUT2D eigenvalue weighted by Crippen LogP contribution is 2.07. The second-order valence-electron chi connectivity index (χ2n) is 4.28. The number of hydrogen-bond donors (Lipinski definition) is 2. The van der Waals surface area contributed by atoms with Crippen molar-refractivity contribution in [3.05, 3.63) is 22.5 Å². The highest BCUT2D eigenvalue weighted by molar-refractivity contribution is 5.83. The molecule has 1 heterocycles. The predicted molar refractivity (Wildman–Crippen MR) is 63.3 cm³/mol. The smallest absolute Gasteiger partial charge is 0.326 e. The Labute approximate surface area is 108 Å². The summed E-state index contributed by atoms with van der Waals surface area (Å²) in [5, 5.41) is 25.3. The van der Waals surface area contributed by atoms with E-state index < -0.39 is 22.8 Å². The molecule has 0 aliphatic rings. The number of aliphatic carboxylic acids is 1. The molecule has 104 valence electrons. The van der Waals surface area contributed by atoms with Gasteiger partial charge in [-0.3, -0.25) is 19.6 Å². The van der Waals surface area contributed by atoms with Crippen LogP contribution in [0.4, 0.5) is 5.69 Å². The zero-order valence-electron chi connectivity index (χ0n) is 10.4. The monoisotopic (exact) mass is 270 g/mol. The number of carbonyl (C=O) groups excluding carboxylic acids is 1. The molecule has 0 aliphatic carbocycles. The Kier molecular flexibility index (Phi) is 4.56. The van der Waals surface area contributed by atoms with E-state index in [9.17, 15) is 19.7 Å². The average Bonchev–Trinajstić information content (AvgIpc) is 2.73. The van der Waals surface area contributed by atoms with Gasteiger partial charge in [-0.05, 0) is 5.92 Å². The van der Waals surface area contributed by atoms with Crippen molar-refractivity contribution in [2.45, 2.75) is 26.4 Å². The lowest BCUT2D eigenvalue weighted by Gasteiger charge is -2.17. The summed E-state index contributed by atoms with van der Waals surface area (Å²) >= 11 is 0. The first-order valence-corrected chi connectivity index (χ1v) is 5.50. The Morgan fingerprint density at radius 2 is 2.21 bits per heavy atom. The molecule has 19 heavy (non-hydrogen) atoms. The zero-order chi connectivity index (χ0) is 14.6. The molecule has 0 bridgehead atoms. The lowest BCUT2D eigenvalue weighted by Crippen LogP contribution is -2.45. The van der Waals surface area contributed by atoms with Crippen molar-refractivity contribution in [3.63, 3.8) is 0 Å². The Hall–Kier alpha value is -2.45. The fraction of sp³-hybridized carbons (Fsp3) is 0.500. The lowest BCUT2D eigenvalue weighted by molar-refractivity contribution is -0.385. The first kappa shape index (κ1) is 14.6. The molecule has 1 amide bonds. The van der Waals surface area contributed by atoms with Gasteiger partial charge >= 0.3 is 11.7 Å². The van der Waals surface area contributed by atoms with Crippen LogP contribution in [-0.4, -0.2) is 37.7 Å². The second kappa shape index (κ2) is 5.94. The number of nitrogens with one attached hydrogen (secondary N) is 1. The van der Waals surface area contributed by atoms with Gasteiger partial charge < -0.3 is 10.4 Å². The van der Waals surface area contributed by atoms with Gasteiger partial charge in [0, 0.05) is 0 Å². The van der Waals surface area contributed by atoms with Gasteiger partial charge in [-0.2, -0.15) is 5.10 Å². The van der Waals surface area contributed by atoms with E-state index in [1.807, 2.05) is 0 Å². The standard InChI is InChI=1S/C10H14N4O5/c1-6(2)9(10(16)17)12-8(15)5-13-4-7(3-11-13)14(18)19/h3-4,6,9H,5H2,1-2H3,(H,12,15)(H,16,17)/t9-/m0/s1. The summed E-state index contributed by atoms with van der Waals surface area (Å²) in [6.45, 7) is 3.06. The highest BCUT2D eigenvalue weighted by Gasteiger charge is 2.23. The van der Waals surface area contributed by atoms with Crippen molar-refractivity contribution in [2.24, 2.45) is 5.92 Å². The number of rotatable bonds is 6. The maximum atomic E-state index is 11.6. The molecular formula is C10H14N4O5. The van der Waals surface area contributed by atoms with Crippen LogP contribution in [0.15, 0.2) is 12.4 Å². The molecule has 0 aliphatic heterocycles. The van der Waals surface area contributed by atoms with Crippen molar-refractivity contribution in [1.29, 1.82) is 0 Å². The molecule has 0 radical (unpaired) electrons. The van der Waals surface area contributed by atoms with Crippen LogP contribution in [-0.2, 0) is 16.1 Å². The van der Waals surface area contributed by atoms with Crippen LogP contribution in [0.5, 0.6) is 0 Å². The van der Waals surface area contributed by atoms with E-state index in [4.69, 9.17) is 5.11 Å². The Bertz CT molecular complexity index is 496. The van der Waals surface area contributed by atoms with Gasteiger partial charge in [-0.1, -0.05) is 13.8 Å². The topological polar surface area (TPSA) is 127 Å². The maximum Gasteiger partial charge on any atom is 0.326 e. The van der Waals surface area contributed by atoms with Gasteiger partial charge in [-0.15, -0.1) is 0 Å². The quantitative estimate of drug-likeness (QED) is 0.554. The Morgan fingerprint density at radius 3 is 2.63 bits per heavy atom. The molecule has 0 aromatic carbocycles. The fourth-order valence-electron chi connectivity index (χ4n) is 1.41. The summed E-state index contributed by atoms with van der Waals surface area (Å²) in [5.74, 6) is -1.97. The van der Waals surface area contributed by atoms with E-state index in [2.05, 4.69) is 10.4 Å². The predicted octanol–water partition coefficient (Wildman–Crippen LogP) is 0.0167. The van der Waals surface area contributed by atoms with E-state index >= 15 is 0 Å². The molecule has 9 heteroatoms. The highest BCUT2D eigenvalue weighted by atomic mass is 16.6. The Morgan fingerprint density at radius 1 is 1.58 bits per heavy atom. The SMILES string of the molecule is CC(C)[C@H](NC(=O)Cn1cc([N+](=O)[O-])cn1)C(=O)O. The van der Waals surface area contributed by atoms with Crippen molar-refractivity contribution < 1.29 is 19.6 Å². The van der Waals surface area contributed by atoms with Crippen LogP contribution in [0.1, 0.15) is 13.8 Å². The van der Waals surface area contributed by atoms with Crippen molar-refractivity contribution >= 4 is 17.6 Å². The van der Waals surface area contributed by atoms with Crippen LogP contribution < -0.4 is 5.32 Å². The van der Waals surface area contributed by atoms with Gasteiger partial charge in [-0.25, -0.2) is 4.79 Å². The van der Waals surface area contributed by atoms with Crippen molar-refractivity contribution in [1.82, 2.24) is 15.1 Å². The van der Waals surface area contributed by atoms with Crippen LogP contribution in [0.25, 0.3) is 0 Å². The van der Waals surface area contributed by atoms with Gasteiger partial charge in [0.05, 0.1) is 4.92 Å². The van der Waals surface area contributed by atoms with E-state index in [0.29, 0.717) is 0 Å². The number of carboxylic acids is 1. The summed E-state index contributed by atoms with van der Waals surface area (Å²) in [6.07, 6.45) is 2.12. The number of hydrogen-bond acceptors (Lipinski definition) is 5.